The molecular formula is C14H15NO3S. The molecule has 0 spiro atoms. The fourth-order valence-electron chi connectivity index (χ4n) is 2.04. The zero-order chi connectivity index (χ0) is 13.8. The molecule has 0 aromatic heterocycles. The molecule has 0 saturated carbocycles. The number of benzene rings is 1. The Balaban J connectivity index is 2.09. The summed E-state index contributed by atoms with van der Waals surface area (Å²) < 4.78 is 0. The van der Waals surface area contributed by atoms with Crippen molar-refractivity contribution in [3.8, 4) is 0 Å². The predicted molar refractivity (Wildman–Crippen MR) is 74.3 cm³/mol. The lowest BCUT2D eigenvalue weighted by Gasteiger charge is -2.16. The van der Waals surface area contributed by atoms with Crippen LogP contribution in [0.5, 0.6) is 0 Å². The largest absolute Gasteiger partial charge is 0.480 e. The first-order valence-electron chi connectivity index (χ1n) is 5.99. The van der Waals surface area contributed by atoms with Gasteiger partial charge in [-0.25, -0.2) is 4.79 Å². The first kappa shape index (κ1) is 13.7. The van der Waals surface area contributed by atoms with Gasteiger partial charge in [0.25, 0.3) is 0 Å². The molecule has 5 heteroatoms. The van der Waals surface area contributed by atoms with Crippen LogP contribution in [0.2, 0.25) is 0 Å². The molecule has 2 atom stereocenters. The highest BCUT2D eigenvalue weighted by Gasteiger charge is 2.31. The normalized spacial score (nSPS) is 18.4. The predicted octanol–water partition coefficient (Wildman–Crippen LogP) is 2.02. The zero-order valence-corrected chi connectivity index (χ0v) is 11.2. The average Bonchev–Trinajstić information content (AvgIpc) is 2.81. The van der Waals surface area contributed by atoms with E-state index >= 15 is 0 Å². The summed E-state index contributed by atoms with van der Waals surface area (Å²) in [7, 11) is 0. The van der Waals surface area contributed by atoms with Crippen LogP contribution in [0, 0.1) is 0 Å². The van der Waals surface area contributed by atoms with Crippen LogP contribution in [-0.4, -0.2) is 28.8 Å². The number of carboxylic acid groups (broad SMARTS) is 1. The third-order valence-electron chi connectivity index (χ3n) is 3.03. The second-order valence-electron chi connectivity index (χ2n) is 4.33. The summed E-state index contributed by atoms with van der Waals surface area (Å²) in [6, 6.07) is 6.82. The molecule has 1 aromatic rings. The molecule has 100 valence electrons. The third kappa shape index (κ3) is 2.98. The van der Waals surface area contributed by atoms with Crippen molar-refractivity contribution in [3.63, 3.8) is 0 Å². The number of carboxylic acids is 1. The Hall–Kier alpha value is -1.75. The van der Waals surface area contributed by atoms with Gasteiger partial charge in [-0.3, -0.25) is 4.79 Å². The third-order valence-corrected chi connectivity index (χ3v) is 4.22. The Morgan fingerprint density at radius 1 is 1.53 bits per heavy atom. The molecule has 0 bridgehead atoms. The Kier molecular flexibility index (Phi) is 4.27. The fourth-order valence-corrected chi connectivity index (χ4v) is 3.27. The van der Waals surface area contributed by atoms with Gasteiger partial charge in [-0.1, -0.05) is 24.3 Å². The van der Waals surface area contributed by atoms with E-state index in [0.717, 1.165) is 10.5 Å². The lowest BCUT2D eigenvalue weighted by Crippen LogP contribution is -2.42. The summed E-state index contributed by atoms with van der Waals surface area (Å²) >= 11 is 1.62. The van der Waals surface area contributed by atoms with Crippen molar-refractivity contribution in [2.24, 2.45) is 0 Å². The number of fused-ring (bicyclic) bond motifs is 1. The summed E-state index contributed by atoms with van der Waals surface area (Å²) in [6.45, 7) is 3.50. The standard InChI is InChI=1S/C14H15NO3S/c1-2-5-11(14(17)18)15-13(16)10-8-19-12-7-4-3-6-9(10)12/h2-4,6-7,10-11H,1,5,8H2,(H,15,16)(H,17,18). The number of hydrogen-bond donors (Lipinski definition) is 2. The van der Waals surface area contributed by atoms with Crippen LogP contribution in [0.3, 0.4) is 0 Å². The first-order chi connectivity index (χ1) is 9.13. The summed E-state index contributed by atoms with van der Waals surface area (Å²) in [5.41, 5.74) is 0.979. The van der Waals surface area contributed by atoms with Gasteiger partial charge in [0, 0.05) is 10.6 Å². The summed E-state index contributed by atoms with van der Waals surface area (Å²) in [5.74, 6) is -0.877. The van der Waals surface area contributed by atoms with E-state index in [1.807, 2.05) is 24.3 Å². The van der Waals surface area contributed by atoms with E-state index in [0.29, 0.717) is 5.75 Å². The minimum atomic E-state index is -1.04. The lowest BCUT2D eigenvalue weighted by atomic mass is 10.00. The molecule has 2 rings (SSSR count). The van der Waals surface area contributed by atoms with Crippen molar-refractivity contribution in [2.45, 2.75) is 23.3 Å². The Morgan fingerprint density at radius 2 is 2.26 bits per heavy atom. The second-order valence-corrected chi connectivity index (χ2v) is 5.39. The molecule has 1 aromatic carbocycles. The molecule has 2 N–H and O–H groups in total. The Labute approximate surface area is 115 Å². The molecule has 0 fully saturated rings. The van der Waals surface area contributed by atoms with E-state index in [1.165, 1.54) is 6.08 Å². The SMILES string of the molecule is C=CCC(NC(=O)C1CSc2ccccc21)C(=O)O. The average molecular weight is 277 g/mol. The van der Waals surface area contributed by atoms with Gasteiger partial charge in [-0.15, -0.1) is 18.3 Å². The van der Waals surface area contributed by atoms with Crippen LogP contribution in [0.1, 0.15) is 17.9 Å². The first-order valence-corrected chi connectivity index (χ1v) is 6.98. The van der Waals surface area contributed by atoms with Crippen LogP contribution in [0.15, 0.2) is 41.8 Å². The van der Waals surface area contributed by atoms with E-state index in [2.05, 4.69) is 11.9 Å². The van der Waals surface area contributed by atoms with Crippen LogP contribution < -0.4 is 5.32 Å². The van der Waals surface area contributed by atoms with Gasteiger partial charge in [0.2, 0.25) is 5.91 Å². The number of carbonyl (C=O) groups excluding carboxylic acids is 1. The van der Waals surface area contributed by atoms with Gasteiger partial charge in [0.05, 0.1) is 5.92 Å². The summed E-state index contributed by atoms with van der Waals surface area (Å²) in [4.78, 5) is 24.3. The van der Waals surface area contributed by atoms with Crippen molar-refractivity contribution in [1.82, 2.24) is 5.32 Å². The highest BCUT2D eigenvalue weighted by Crippen LogP contribution is 2.39. The molecule has 2 unspecified atom stereocenters. The monoisotopic (exact) mass is 277 g/mol. The van der Waals surface area contributed by atoms with Crippen LogP contribution in [-0.2, 0) is 9.59 Å². The topological polar surface area (TPSA) is 66.4 Å². The maximum Gasteiger partial charge on any atom is 0.326 e. The number of carbonyl (C=O) groups is 2. The van der Waals surface area contributed by atoms with Crippen LogP contribution >= 0.6 is 11.8 Å². The summed E-state index contributed by atoms with van der Waals surface area (Å²) in [5, 5.41) is 11.6. The molecule has 1 aliphatic rings. The summed E-state index contributed by atoms with van der Waals surface area (Å²) in [6.07, 6.45) is 1.72. The number of aliphatic carboxylic acids is 1. The maximum absolute atomic E-state index is 12.2. The van der Waals surface area contributed by atoms with E-state index in [4.69, 9.17) is 5.11 Å². The number of thioether (sulfide) groups is 1. The van der Waals surface area contributed by atoms with Crippen LogP contribution in [0.4, 0.5) is 0 Å². The van der Waals surface area contributed by atoms with Gasteiger partial charge in [0.15, 0.2) is 0 Å². The molecule has 1 amide bonds. The smallest absolute Gasteiger partial charge is 0.326 e. The molecule has 1 heterocycles. The fraction of sp³-hybridized carbons (Fsp3) is 0.286. The van der Waals surface area contributed by atoms with Gasteiger partial charge in [-0.2, -0.15) is 0 Å². The van der Waals surface area contributed by atoms with Crippen molar-refractivity contribution in [1.29, 1.82) is 0 Å². The van der Waals surface area contributed by atoms with E-state index in [1.54, 1.807) is 11.8 Å². The van der Waals surface area contributed by atoms with Crippen molar-refractivity contribution in [3.05, 3.63) is 42.5 Å². The number of nitrogens with one attached hydrogen (secondary N) is 1. The minimum absolute atomic E-state index is 0.225. The van der Waals surface area contributed by atoms with E-state index in [-0.39, 0.29) is 18.2 Å². The van der Waals surface area contributed by atoms with Crippen molar-refractivity contribution in [2.75, 3.05) is 5.75 Å². The molecule has 4 nitrogen and oxygen atoms in total. The molecular weight excluding hydrogens is 262 g/mol. The maximum atomic E-state index is 12.2. The number of rotatable bonds is 5. The van der Waals surface area contributed by atoms with Crippen molar-refractivity contribution >= 4 is 23.6 Å². The molecule has 0 radical (unpaired) electrons. The van der Waals surface area contributed by atoms with Crippen LogP contribution in [0.25, 0.3) is 0 Å². The van der Waals surface area contributed by atoms with Gasteiger partial charge in [-0.05, 0) is 18.1 Å². The second kappa shape index (κ2) is 5.93. The Bertz CT molecular complexity index is 515. The van der Waals surface area contributed by atoms with Gasteiger partial charge < -0.3 is 10.4 Å². The van der Waals surface area contributed by atoms with E-state index in [9.17, 15) is 9.59 Å². The lowest BCUT2D eigenvalue weighted by molar-refractivity contribution is -0.141. The molecule has 0 saturated heterocycles. The van der Waals surface area contributed by atoms with Crippen molar-refractivity contribution < 1.29 is 14.7 Å². The van der Waals surface area contributed by atoms with Gasteiger partial charge >= 0.3 is 5.97 Å². The molecule has 19 heavy (non-hydrogen) atoms. The molecule has 0 aliphatic carbocycles. The Morgan fingerprint density at radius 3 is 2.95 bits per heavy atom. The quantitative estimate of drug-likeness (QED) is 0.808. The number of amides is 1. The highest BCUT2D eigenvalue weighted by molar-refractivity contribution is 7.99. The molecule has 1 aliphatic heterocycles. The van der Waals surface area contributed by atoms with Gasteiger partial charge in [0.1, 0.15) is 6.04 Å². The number of hydrogen-bond acceptors (Lipinski definition) is 3. The zero-order valence-electron chi connectivity index (χ0n) is 10.3. The highest BCUT2D eigenvalue weighted by atomic mass is 32.2. The van der Waals surface area contributed by atoms with E-state index < -0.39 is 12.0 Å². The minimum Gasteiger partial charge on any atom is -0.480 e.